The summed E-state index contributed by atoms with van der Waals surface area (Å²) in [6, 6.07) is 13.0. The van der Waals surface area contributed by atoms with Crippen molar-refractivity contribution in [2.75, 3.05) is 0 Å². The number of alkyl halides is 3. The molecule has 0 saturated carbocycles. The number of halogens is 3. The van der Waals surface area contributed by atoms with E-state index in [0.717, 1.165) is 11.6 Å². The first-order valence-corrected chi connectivity index (χ1v) is 6.47. The molecule has 20 heavy (non-hydrogen) atoms. The predicted octanol–water partition coefficient (Wildman–Crippen LogP) is 5.67. The molecule has 0 aliphatic carbocycles. The van der Waals surface area contributed by atoms with E-state index in [1.807, 2.05) is 12.1 Å². The van der Waals surface area contributed by atoms with Gasteiger partial charge in [0, 0.05) is 0 Å². The van der Waals surface area contributed by atoms with Crippen molar-refractivity contribution in [2.45, 2.75) is 32.4 Å². The van der Waals surface area contributed by atoms with Gasteiger partial charge in [-0.15, -0.1) is 0 Å². The summed E-state index contributed by atoms with van der Waals surface area (Å²) in [6.07, 6.45) is -4.33. The second-order valence-electron chi connectivity index (χ2n) is 5.87. The molecule has 0 radical (unpaired) electrons. The van der Waals surface area contributed by atoms with Crippen molar-refractivity contribution in [2.24, 2.45) is 0 Å². The molecule has 0 bridgehead atoms. The zero-order chi connectivity index (χ0) is 15.0. The van der Waals surface area contributed by atoms with Crippen molar-refractivity contribution < 1.29 is 13.2 Å². The van der Waals surface area contributed by atoms with Crippen molar-refractivity contribution in [3.63, 3.8) is 0 Å². The van der Waals surface area contributed by atoms with Gasteiger partial charge < -0.3 is 0 Å². The Balaban J connectivity index is 2.48. The molecule has 0 aromatic heterocycles. The zero-order valence-corrected chi connectivity index (χ0v) is 11.8. The summed E-state index contributed by atoms with van der Waals surface area (Å²) < 4.78 is 39.0. The molecule has 0 atom stereocenters. The predicted molar refractivity (Wildman–Crippen MR) is 75.6 cm³/mol. The van der Waals surface area contributed by atoms with Gasteiger partial charge in [0.25, 0.3) is 0 Å². The first-order valence-electron chi connectivity index (χ1n) is 6.47. The van der Waals surface area contributed by atoms with Crippen LogP contribution < -0.4 is 0 Å². The van der Waals surface area contributed by atoms with Crippen LogP contribution in [0.2, 0.25) is 0 Å². The Bertz CT molecular complexity index is 587. The minimum Gasteiger partial charge on any atom is -0.166 e. The fourth-order valence-electron chi connectivity index (χ4n) is 2.13. The lowest BCUT2D eigenvalue weighted by Gasteiger charge is -2.19. The fraction of sp³-hybridized carbons (Fsp3) is 0.294. The molecular weight excluding hydrogens is 261 g/mol. The molecule has 0 N–H and O–H groups in total. The van der Waals surface area contributed by atoms with Gasteiger partial charge in [0.1, 0.15) is 0 Å². The molecule has 106 valence electrons. The largest absolute Gasteiger partial charge is 0.417 e. The highest BCUT2D eigenvalue weighted by atomic mass is 19.4. The molecule has 0 heterocycles. The molecule has 0 spiro atoms. The van der Waals surface area contributed by atoms with Crippen molar-refractivity contribution in [3.8, 4) is 11.1 Å². The topological polar surface area (TPSA) is 0 Å². The van der Waals surface area contributed by atoms with E-state index in [4.69, 9.17) is 0 Å². The Morgan fingerprint density at radius 3 is 1.80 bits per heavy atom. The van der Waals surface area contributed by atoms with Gasteiger partial charge in [-0.1, -0.05) is 63.2 Å². The van der Waals surface area contributed by atoms with E-state index in [0.29, 0.717) is 5.56 Å². The maximum atomic E-state index is 13.0. The van der Waals surface area contributed by atoms with Crippen LogP contribution in [0.15, 0.2) is 48.5 Å². The lowest BCUT2D eigenvalue weighted by atomic mass is 9.86. The van der Waals surface area contributed by atoms with Crippen molar-refractivity contribution in [1.82, 2.24) is 0 Å². The van der Waals surface area contributed by atoms with Crippen LogP contribution in [0, 0.1) is 0 Å². The first-order chi connectivity index (χ1) is 9.19. The third kappa shape index (κ3) is 3.03. The molecule has 0 saturated heterocycles. The van der Waals surface area contributed by atoms with Crippen LogP contribution in [0.3, 0.4) is 0 Å². The zero-order valence-electron chi connectivity index (χ0n) is 11.8. The van der Waals surface area contributed by atoms with Crippen LogP contribution in [0.5, 0.6) is 0 Å². The van der Waals surface area contributed by atoms with Crippen molar-refractivity contribution >= 4 is 0 Å². The minimum absolute atomic E-state index is 0.0118. The lowest BCUT2D eigenvalue weighted by molar-refractivity contribution is -0.137. The van der Waals surface area contributed by atoms with Crippen LogP contribution in [0.4, 0.5) is 13.2 Å². The molecule has 2 aromatic carbocycles. The highest BCUT2D eigenvalue weighted by Gasteiger charge is 2.33. The lowest BCUT2D eigenvalue weighted by Crippen LogP contribution is -2.10. The van der Waals surface area contributed by atoms with E-state index in [1.54, 1.807) is 18.2 Å². The van der Waals surface area contributed by atoms with Gasteiger partial charge in [-0.2, -0.15) is 13.2 Å². The average Bonchev–Trinajstić information content (AvgIpc) is 2.37. The summed E-state index contributed by atoms with van der Waals surface area (Å²) >= 11 is 0. The molecule has 0 nitrogen and oxygen atoms in total. The first kappa shape index (κ1) is 14.6. The van der Waals surface area contributed by atoms with Crippen LogP contribution in [0.25, 0.3) is 11.1 Å². The minimum atomic E-state index is -4.33. The van der Waals surface area contributed by atoms with Crippen LogP contribution >= 0.6 is 0 Å². The molecule has 0 aliphatic rings. The molecule has 2 rings (SSSR count). The molecule has 0 amide bonds. The van der Waals surface area contributed by atoms with Crippen molar-refractivity contribution in [1.29, 1.82) is 0 Å². The molecule has 0 aliphatic heterocycles. The summed E-state index contributed by atoms with van der Waals surface area (Å²) in [5.41, 5.74) is 1.31. The van der Waals surface area contributed by atoms with Crippen molar-refractivity contribution in [3.05, 3.63) is 59.7 Å². The second-order valence-corrected chi connectivity index (χ2v) is 5.87. The number of hydrogen-bond donors (Lipinski definition) is 0. The smallest absolute Gasteiger partial charge is 0.166 e. The maximum Gasteiger partial charge on any atom is 0.417 e. The summed E-state index contributed by atoms with van der Waals surface area (Å²) in [5.74, 6) is 0. The monoisotopic (exact) mass is 278 g/mol. The van der Waals surface area contributed by atoms with E-state index in [-0.39, 0.29) is 11.0 Å². The van der Waals surface area contributed by atoms with Crippen LogP contribution in [0.1, 0.15) is 31.9 Å². The third-order valence-corrected chi connectivity index (χ3v) is 3.29. The van der Waals surface area contributed by atoms with Gasteiger partial charge in [-0.25, -0.2) is 0 Å². The van der Waals surface area contributed by atoms with Crippen LogP contribution in [-0.2, 0) is 11.6 Å². The maximum absolute atomic E-state index is 13.0. The van der Waals surface area contributed by atoms with E-state index < -0.39 is 11.7 Å². The van der Waals surface area contributed by atoms with Gasteiger partial charge in [0.15, 0.2) is 0 Å². The highest BCUT2D eigenvalue weighted by molar-refractivity contribution is 5.68. The number of hydrogen-bond acceptors (Lipinski definition) is 0. The summed E-state index contributed by atoms with van der Waals surface area (Å²) in [6.45, 7) is 6.23. The van der Waals surface area contributed by atoms with Crippen LogP contribution in [-0.4, -0.2) is 0 Å². The summed E-state index contributed by atoms with van der Waals surface area (Å²) in [7, 11) is 0. The van der Waals surface area contributed by atoms with Gasteiger partial charge in [0.05, 0.1) is 5.56 Å². The van der Waals surface area contributed by atoms with Gasteiger partial charge in [-0.05, 0) is 28.2 Å². The Hall–Kier alpha value is -1.77. The van der Waals surface area contributed by atoms with E-state index in [9.17, 15) is 13.2 Å². The second kappa shape index (κ2) is 4.97. The quantitative estimate of drug-likeness (QED) is 0.630. The van der Waals surface area contributed by atoms with E-state index in [2.05, 4.69) is 20.8 Å². The fourth-order valence-corrected chi connectivity index (χ4v) is 2.13. The van der Waals surface area contributed by atoms with E-state index in [1.165, 1.54) is 12.1 Å². The van der Waals surface area contributed by atoms with E-state index >= 15 is 0 Å². The molecule has 3 heteroatoms. The number of rotatable bonds is 1. The molecule has 2 aromatic rings. The summed E-state index contributed by atoms with van der Waals surface area (Å²) in [4.78, 5) is 0. The third-order valence-electron chi connectivity index (χ3n) is 3.29. The molecule has 0 fully saturated rings. The standard InChI is InChI=1S/C17H17F3/c1-16(2,3)13-10-8-12(9-11-13)14-6-4-5-7-15(14)17(18,19)20/h4-11H,1-3H3. The highest BCUT2D eigenvalue weighted by Crippen LogP contribution is 2.37. The Morgan fingerprint density at radius 1 is 0.750 bits per heavy atom. The summed E-state index contributed by atoms with van der Waals surface area (Å²) in [5, 5.41) is 0. The SMILES string of the molecule is CC(C)(C)c1ccc(-c2ccccc2C(F)(F)F)cc1. The Labute approximate surface area is 117 Å². The normalized spacial score (nSPS) is 12.5. The van der Waals surface area contributed by atoms with Gasteiger partial charge in [0.2, 0.25) is 0 Å². The number of benzene rings is 2. The average molecular weight is 278 g/mol. The molecule has 0 unspecified atom stereocenters. The Morgan fingerprint density at radius 2 is 1.30 bits per heavy atom. The molecular formula is C17H17F3. The van der Waals surface area contributed by atoms with Gasteiger partial charge in [-0.3, -0.25) is 0 Å². The van der Waals surface area contributed by atoms with Gasteiger partial charge >= 0.3 is 6.18 Å². The Kier molecular flexibility index (Phi) is 3.63.